The zero-order valence-electron chi connectivity index (χ0n) is 14.7. The van der Waals surface area contributed by atoms with Gasteiger partial charge < -0.3 is 28.7 Å². The molecule has 122 valence electrons. The predicted octanol–water partition coefficient (Wildman–Crippen LogP) is 1.61. The van der Waals surface area contributed by atoms with Crippen LogP contribution in [-0.4, -0.2) is 36.8 Å². The van der Waals surface area contributed by atoms with Crippen molar-refractivity contribution in [2.24, 2.45) is 5.92 Å². The Bertz CT molecular complexity index is 251. The van der Waals surface area contributed by atoms with Crippen molar-refractivity contribution in [1.82, 2.24) is 0 Å². The molecule has 0 heterocycles. The van der Waals surface area contributed by atoms with Gasteiger partial charge in [-0.2, -0.15) is 0 Å². The van der Waals surface area contributed by atoms with Crippen LogP contribution >= 0.6 is 0 Å². The third kappa shape index (κ3) is 8.63. The fourth-order valence-electron chi connectivity index (χ4n) is 2.36. The number of methoxy groups -OCH3 is 1. The topological polar surface area (TPSA) is 9.23 Å². The molecular formula is C17H36INO. The van der Waals surface area contributed by atoms with Crippen LogP contribution in [0.25, 0.3) is 0 Å². The van der Waals surface area contributed by atoms with E-state index in [1.807, 2.05) is 0 Å². The Morgan fingerprint density at radius 1 is 1.10 bits per heavy atom. The molecule has 0 rings (SSSR count). The van der Waals surface area contributed by atoms with Crippen LogP contribution < -0.4 is 24.0 Å². The van der Waals surface area contributed by atoms with Crippen LogP contribution in [0, 0.1) is 5.92 Å². The molecule has 0 aliphatic carbocycles. The molecule has 0 spiro atoms. The maximum absolute atomic E-state index is 5.46. The highest BCUT2D eigenvalue weighted by atomic mass is 127. The second-order valence-corrected chi connectivity index (χ2v) is 6.34. The normalized spacial score (nSPS) is 14.3. The van der Waals surface area contributed by atoms with Crippen molar-refractivity contribution in [1.29, 1.82) is 0 Å². The lowest BCUT2D eigenvalue weighted by Gasteiger charge is -2.31. The number of hydrogen-bond donors (Lipinski definition) is 0. The summed E-state index contributed by atoms with van der Waals surface area (Å²) >= 11 is 0. The van der Waals surface area contributed by atoms with Crippen LogP contribution in [0.15, 0.2) is 12.3 Å². The molecule has 1 unspecified atom stereocenters. The lowest BCUT2D eigenvalue weighted by atomic mass is 9.96. The summed E-state index contributed by atoms with van der Waals surface area (Å²) in [4.78, 5) is 0. The highest BCUT2D eigenvalue weighted by Crippen LogP contribution is 2.20. The molecule has 0 amide bonds. The number of ether oxygens (including phenoxy) is 1. The van der Waals surface area contributed by atoms with Gasteiger partial charge in [-0.25, -0.2) is 0 Å². The standard InChI is InChI=1S/C17H36NO.HI/c1-8-18(9-2,10-3)15-13-16(4)12-11-14-17(5,6)19-7;/h13,15-16H,8-12,14H2,1-7H3;1H/q+1;/p-1/b15-13+;. The van der Waals surface area contributed by atoms with Crippen LogP contribution in [-0.2, 0) is 4.74 Å². The molecule has 0 aromatic rings. The highest BCUT2D eigenvalue weighted by molar-refractivity contribution is 4.82. The van der Waals surface area contributed by atoms with E-state index in [0.29, 0.717) is 5.92 Å². The fourth-order valence-corrected chi connectivity index (χ4v) is 2.36. The SMILES string of the molecule is CC[N+](/C=C/C(C)CCCC(C)(C)OC)(CC)CC.[I-]. The Morgan fingerprint density at radius 3 is 2.00 bits per heavy atom. The largest absolute Gasteiger partial charge is 1.00 e. The van der Waals surface area contributed by atoms with Gasteiger partial charge in [0.05, 0.1) is 31.4 Å². The van der Waals surface area contributed by atoms with Gasteiger partial charge in [0, 0.05) is 7.11 Å². The number of nitrogens with zero attached hydrogens (tertiary/aromatic N) is 1. The van der Waals surface area contributed by atoms with Crippen LogP contribution in [0.3, 0.4) is 0 Å². The zero-order valence-corrected chi connectivity index (χ0v) is 16.9. The summed E-state index contributed by atoms with van der Waals surface area (Å²) in [5.41, 5.74) is 0.0273. The maximum atomic E-state index is 5.46. The molecule has 0 saturated heterocycles. The van der Waals surface area contributed by atoms with Crippen molar-refractivity contribution in [3.63, 3.8) is 0 Å². The molecule has 0 radical (unpaired) electrons. The lowest BCUT2D eigenvalue weighted by molar-refractivity contribution is -0.874. The molecule has 0 aromatic heterocycles. The minimum Gasteiger partial charge on any atom is -1.00 e. The average molecular weight is 397 g/mol. The molecular weight excluding hydrogens is 361 g/mol. The minimum atomic E-state index is 0. The molecule has 2 nitrogen and oxygen atoms in total. The Labute approximate surface area is 144 Å². The Kier molecular flexibility index (Phi) is 12.5. The lowest BCUT2D eigenvalue weighted by Crippen LogP contribution is -3.00. The number of halogens is 1. The van der Waals surface area contributed by atoms with E-state index < -0.39 is 0 Å². The van der Waals surface area contributed by atoms with Gasteiger partial charge in [-0.3, -0.25) is 4.48 Å². The van der Waals surface area contributed by atoms with Crippen molar-refractivity contribution >= 4 is 0 Å². The highest BCUT2D eigenvalue weighted by Gasteiger charge is 2.18. The van der Waals surface area contributed by atoms with Crippen molar-refractivity contribution in [3.05, 3.63) is 12.3 Å². The van der Waals surface area contributed by atoms with E-state index in [-0.39, 0.29) is 29.6 Å². The van der Waals surface area contributed by atoms with E-state index in [2.05, 4.69) is 53.8 Å². The molecule has 0 fully saturated rings. The van der Waals surface area contributed by atoms with Gasteiger partial charge in [0.2, 0.25) is 0 Å². The summed E-state index contributed by atoms with van der Waals surface area (Å²) in [6.07, 6.45) is 8.45. The molecule has 0 saturated carbocycles. The quantitative estimate of drug-likeness (QED) is 0.402. The first-order valence-corrected chi connectivity index (χ1v) is 7.95. The maximum Gasteiger partial charge on any atom is 0.0920 e. The van der Waals surface area contributed by atoms with Crippen molar-refractivity contribution in [2.45, 2.75) is 66.4 Å². The Hall–Kier alpha value is 0.390. The van der Waals surface area contributed by atoms with Crippen molar-refractivity contribution < 1.29 is 33.2 Å². The number of rotatable bonds is 10. The monoisotopic (exact) mass is 397 g/mol. The summed E-state index contributed by atoms with van der Waals surface area (Å²) in [5.74, 6) is 0.662. The van der Waals surface area contributed by atoms with Crippen LogP contribution in [0.2, 0.25) is 0 Å². The third-order valence-corrected chi connectivity index (χ3v) is 4.61. The van der Waals surface area contributed by atoms with Gasteiger partial charge in [0.15, 0.2) is 0 Å². The molecule has 0 aliphatic heterocycles. The molecule has 1 atom stereocenters. The first-order valence-electron chi connectivity index (χ1n) is 7.95. The van der Waals surface area contributed by atoms with E-state index >= 15 is 0 Å². The second-order valence-electron chi connectivity index (χ2n) is 6.34. The van der Waals surface area contributed by atoms with Crippen molar-refractivity contribution in [2.75, 3.05) is 26.7 Å². The van der Waals surface area contributed by atoms with Gasteiger partial charge >= 0.3 is 0 Å². The van der Waals surface area contributed by atoms with Crippen LogP contribution in [0.5, 0.6) is 0 Å². The number of hydrogen-bond acceptors (Lipinski definition) is 1. The Morgan fingerprint density at radius 2 is 1.60 bits per heavy atom. The smallest absolute Gasteiger partial charge is 0.0920 e. The van der Waals surface area contributed by atoms with Crippen molar-refractivity contribution in [3.8, 4) is 0 Å². The van der Waals surface area contributed by atoms with E-state index in [1.54, 1.807) is 7.11 Å². The molecule has 3 heteroatoms. The molecule has 0 aliphatic rings. The molecule has 0 bridgehead atoms. The van der Waals surface area contributed by atoms with Gasteiger partial charge in [-0.1, -0.05) is 13.3 Å². The van der Waals surface area contributed by atoms with Gasteiger partial charge in [0.25, 0.3) is 0 Å². The van der Waals surface area contributed by atoms with E-state index in [1.165, 1.54) is 32.5 Å². The molecule has 0 N–H and O–H groups in total. The number of allylic oxidation sites excluding steroid dienone is 1. The van der Waals surface area contributed by atoms with Crippen LogP contribution in [0.4, 0.5) is 0 Å². The molecule has 0 aromatic carbocycles. The summed E-state index contributed by atoms with van der Waals surface area (Å²) < 4.78 is 6.57. The summed E-state index contributed by atoms with van der Waals surface area (Å²) in [5, 5.41) is 0. The van der Waals surface area contributed by atoms with E-state index in [0.717, 1.165) is 10.9 Å². The first-order chi connectivity index (χ1) is 8.84. The summed E-state index contributed by atoms with van der Waals surface area (Å²) in [7, 11) is 1.80. The van der Waals surface area contributed by atoms with Gasteiger partial charge in [-0.15, -0.1) is 0 Å². The van der Waals surface area contributed by atoms with Gasteiger partial charge in [-0.05, 0) is 59.5 Å². The fraction of sp³-hybridized carbons (Fsp3) is 0.882. The van der Waals surface area contributed by atoms with E-state index in [4.69, 9.17) is 4.74 Å². The summed E-state index contributed by atoms with van der Waals surface area (Å²) in [6.45, 7) is 17.1. The van der Waals surface area contributed by atoms with E-state index in [9.17, 15) is 0 Å². The average Bonchev–Trinajstić information content (AvgIpc) is 2.41. The van der Waals surface area contributed by atoms with Gasteiger partial charge in [0.1, 0.15) is 0 Å². The first kappa shape index (κ1) is 22.7. The predicted molar refractivity (Wildman–Crippen MR) is 85.1 cm³/mol. The second kappa shape index (κ2) is 11.0. The number of quaternary nitrogens is 1. The summed E-state index contributed by atoms with van der Waals surface area (Å²) in [6, 6.07) is 0. The third-order valence-electron chi connectivity index (χ3n) is 4.61. The Balaban J connectivity index is 0. The molecule has 20 heavy (non-hydrogen) atoms. The van der Waals surface area contributed by atoms with Crippen LogP contribution in [0.1, 0.15) is 60.8 Å². The zero-order chi connectivity index (χ0) is 14.9. The minimum absolute atomic E-state index is 0.